The van der Waals surface area contributed by atoms with Crippen molar-refractivity contribution in [2.24, 2.45) is 9.98 Å². The van der Waals surface area contributed by atoms with Crippen LogP contribution in [0.1, 0.15) is 17.3 Å². The molecule has 0 spiro atoms. The topological polar surface area (TPSA) is 46.6 Å². The van der Waals surface area contributed by atoms with Crippen LogP contribution in [0, 0.1) is 0 Å². The minimum absolute atomic E-state index is 0.421. The number of aromatic nitrogens is 2. The van der Waals surface area contributed by atoms with Crippen molar-refractivity contribution in [3.05, 3.63) is 236 Å². The van der Waals surface area contributed by atoms with E-state index < -0.39 is 6.17 Å². The molecule has 0 aliphatic carbocycles. The first kappa shape index (κ1) is 35.6. The zero-order valence-corrected chi connectivity index (χ0v) is 33.7. The van der Waals surface area contributed by atoms with E-state index in [0.29, 0.717) is 5.96 Å². The van der Waals surface area contributed by atoms with Gasteiger partial charge in [-0.05, 0) is 57.6 Å². The fraction of sp³-hybridized carbons (Fsp3) is 0.0175. The van der Waals surface area contributed by atoms with Crippen LogP contribution in [-0.2, 0) is 0 Å². The van der Waals surface area contributed by atoms with Crippen molar-refractivity contribution in [1.29, 1.82) is 0 Å². The van der Waals surface area contributed by atoms with Crippen molar-refractivity contribution in [2.45, 2.75) is 6.17 Å². The third kappa shape index (κ3) is 5.94. The van der Waals surface area contributed by atoms with Crippen molar-refractivity contribution in [3.63, 3.8) is 0 Å². The third-order valence-electron chi connectivity index (χ3n) is 12.2. The van der Waals surface area contributed by atoms with E-state index in [0.717, 1.165) is 83.3 Å². The molecular weight excluding hydrogens is 755 g/mol. The molecule has 0 saturated carbocycles. The zero-order valence-electron chi connectivity index (χ0n) is 33.7. The average Bonchev–Trinajstić information content (AvgIpc) is 3.88. The van der Waals surface area contributed by atoms with Gasteiger partial charge in [0.15, 0.2) is 0 Å². The summed E-state index contributed by atoms with van der Waals surface area (Å²) in [5.41, 5.74) is 14.4. The highest BCUT2D eigenvalue weighted by molar-refractivity contribution is 6.26. The molecule has 2 aromatic heterocycles. The first-order valence-corrected chi connectivity index (χ1v) is 21.1. The van der Waals surface area contributed by atoms with Crippen LogP contribution in [0.2, 0.25) is 0 Å². The Morgan fingerprint density at radius 1 is 0.371 bits per heavy atom. The van der Waals surface area contributed by atoms with Crippen LogP contribution in [0.4, 0.5) is 0 Å². The van der Waals surface area contributed by atoms with Gasteiger partial charge in [-0.15, -0.1) is 0 Å². The summed E-state index contributed by atoms with van der Waals surface area (Å²) in [6, 6.07) is 79.9. The predicted octanol–water partition coefficient (Wildman–Crippen LogP) is 13.8. The maximum Gasteiger partial charge on any atom is 0.234 e. The Labute approximate surface area is 359 Å². The predicted molar refractivity (Wildman–Crippen MR) is 258 cm³/mol. The van der Waals surface area contributed by atoms with E-state index >= 15 is 0 Å². The molecule has 0 saturated heterocycles. The van der Waals surface area contributed by atoms with E-state index in [4.69, 9.17) is 9.98 Å². The molecule has 0 fully saturated rings. The summed E-state index contributed by atoms with van der Waals surface area (Å²) in [5, 5.41) is 8.42. The number of fused-ring (bicyclic) bond motifs is 7. The van der Waals surface area contributed by atoms with Crippen molar-refractivity contribution < 1.29 is 0 Å². The quantitative estimate of drug-likeness (QED) is 0.179. The summed E-state index contributed by atoms with van der Waals surface area (Å²) in [4.78, 5) is 11.1. The van der Waals surface area contributed by atoms with Gasteiger partial charge in [0.05, 0.1) is 27.8 Å². The SMILES string of the molecule is c1ccc(-c2ccc(C3=NC(n4c5ccccc5c5ccc6c7ccccc7n(-c7ccccc7-c7ccccc7)c6c54)=NC(c4cccc(-c5ccccc5)c4)N3)cc2)cc1. The molecule has 1 atom stereocenters. The number of nitrogens with one attached hydrogen (secondary N) is 1. The second-order valence-corrected chi connectivity index (χ2v) is 15.8. The molecule has 5 nitrogen and oxygen atoms in total. The first-order valence-electron chi connectivity index (χ1n) is 21.1. The molecule has 11 aromatic rings. The molecule has 1 aliphatic heterocycles. The Kier molecular flexibility index (Phi) is 8.49. The Balaban J connectivity index is 1.14. The normalized spacial score (nSPS) is 14.0. The molecule has 62 heavy (non-hydrogen) atoms. The van der Waals surface area contributed by atoms with E-state index in [1.807, 2.05) is 0 Å². The second-order valence-electron chi connectivity index (χ2n) is 15.8. The van der Waals surface area contributed by atoms with Gasteiger partial charge >= 0.3 is 0 Å². The van der Waals surface area contributed by atoms with Crippen LogP contribution in [0.3, 0.4) is 0 Å². The molecule has 1 unspecified atom stereocenters. The van der Waals surface area contributed by atoms with Crippen molar-refractivity contribution >= 4 is 55.4 Å². The summed E-state index contributed by atoms with van der Waals surface area (Å²) in [5.74, 6) is 1.38. The molecule has 3 heterocycles. The van der Waals surface area contributed by atoms with E-state index in [-0.39, 0.29) is 0 Å². The number of para-hydroxylation sites is 3. The lowest BCUT2D eigenvalue weighted by atomic mass is 10.0. The highest BCUT2D eigenvalue weighted by Crippen LogP contribution is 2.42. The number of nitrogens with zero attached hydrogens (tertiary/aromatic N) is 4. The highest BCUT2D eigenvalue weighted by Gasteiger charge is 2.27. The van der Waals surface area contributed by atoms with Crippen LogP contribution in [0.15, 0.2) is 234 Å². The van der Waals surface area contributed by atoms with Gasteiger partial charge in [0, 0.05) is 32.7 Å². The molecule has 5 heteroatoms. The van der Waals surface area contributed by atoms with E-state index in [9.17, 15) is 0 Å². The lowest BCUT2D eigenvalue weighted by Crippen LogP contribution is -2.35. The number of hydrogen-bond acceptors (Lipinski definition) is 3. The number of rotatable bonds is 6. The fourth-order valence-electron chi connectivity index (χ4n) is 9.31. The van der Waals surface area contributed by atoms with Crippen LogP contribution >= 0.6 is 0 Å². The van der Waals surface area contributed by atoms with Crippen molar-refractivity contribution in [2.75, 3.05) is 0 Å². The van der Waals surface area contributed by atoms with Gasteiger partial charge in [-0.2, -0.15) is 4.99 Å². The molecule has 292 valence electrons. The molecule has 1 N–H and O–H groups in total. The van der Waals surface area contributed by atoms with Gasteiger partial charge < -0.3 is 9.88 Å². The standard InChI is InChI=1S/C57H39N5/c1-4-17-38(18-5-1)40-31-33-42(34-32-40)55-58-56(44-24-16-23-43(37-44)39-19-6-2-7-20-39)60-57(59-55)62-52-30-15-12-27-47(52)49-36-35-48-46-26-11-14-29-51(46)61(53(48)54(49)62)50-28-13-10-25-45(50)41-21-8-3-9-22-41/h1-37,56H,(H,58,59,60). The van der Waals surface area contributed by atoms with Crippen LogP contribution in [0.5, 0.6) is 0 Å². The second kappa shape index (κ2) is 14.8. The number of aliphatic imine (C=N–C) groups is 2. The van der Waals surface area contributed by atoms with Crippen molar-refractivity contribution in [3.8, 4) is 39.1 Å². The third-order valence-corrected chi connectivity index (χ3v) is 12.2. The summed E-state index contributed by atoms with van der Waals surface area (Å²) in [6.07, 6.45) is -0.421. The molecule has 1 aliphatic rings. The molecular formula is C57H39N5. The van der Waals surface area contributed by atoms with Gasteiger partial charge in [0.1, 0.15) is 12.0 Å². The van der Waals surface area contributed by atoms with Gasteiger partial charge in [-0.25, -0.2) is 4.99 Å². The molecule has 12 rings (SSSR count). The van der Waals surface area contributed by atoms with E-state index in [2.05, 4.69) is 239 Å². The number of amidine groups is 1. The summed E-state index contributed by atoms with van der Waals surface area (Å²) in [6.45, 7) is 0. The zero-order chi connectivity index (χ0) is 41.0. The van der Waals surface area contributed by atoms with E-state index in [1.165, 1.54) is 16.3 Å². The average molecular weight is 794 g/mol. The maximum absolute atomic E-state index is 5.57. The Bertz CT molecular complexity index is 3520. The van der Waals surface area contributed by atoms with Crippen LogP contribution in [0.25, 0.3) is 82.7 Å². The monoisotopic (exact) mass is 793 g/mol. The lowest BCUT2D eigenvalue weighted by molar-refractivity contribution is 0.669. The van der Waals surface area contributed by atoms with Gasteiger partial charge in [-0.1, -0.05) is 200 Å². The largest absolute Gasteiger partial charge is 0.344 e. The summed E-state index contributed by atoms with van der Waals surface area (Å²) >= 11 is 0. The van der Waals surface area contributed by atoms with Crippen LogP contribution in [-0.4, -0.2) is 20.9 Å². The maximum atomic E-state index is 5.57. The summed E-state index contributed by atoms with van der Waals surface area (Å²) in [7, 11) is 0. The molecule has 0 bridgehead atoms. The van der Waals surface area contributed by atoms with Gasteiger partial charge in [0.25, 0.3) is 0 Å². The number of benzene rings is 9. The Hall–Kier alpha value is -8.28. The molecule has 0 radical (unpaired) electrons. The molecule has 9 aromatic carbocycles. The Morgan fingerprint density at radius 2 is 0.871 bits per heavy atom. The fourth-order valence-corrected chi connectivity index (χ4v) is 9.31. The first-order chi connectivity index (χ1) is 30.8. The van der Waals surface area contributed by atoms with Crippen molar-refractivity contribution in [1.82, 2.24) is 14.5 Å². The van der Waals surface area contributed by atoms with Crippen LogP contribution < -0.4 is 5.32 Å². The molecule has 0 amide bonds. The minimum atomic E-state index is -0.421. The highest BCUT2D eigenvalue weighted by atomic mass is 15.3. The Morgan fingerprint density at radius 3 is 1.55 bits per heavy atom. The van der Waals surface area contributed by atoms with Gasteiger partial charge in [0.2, 0.25) is 5.96 Å². The smallest absolute Gasteiger partial charge is 0.234 e. The number of hydrogen-bond donors (Lipinski definition) is 1. The minimum Gasteiger partial charge on any atom is -0.344 e. The van der Waals surface area contributed by atoms with E-state index in [1.54, 1.807) is 0 Å². The summed E-state index contributed by atoms with van der Waals surface area (Å²) < 4.78 is 4.76. The van der Waals surface area contributed by atoms with Gasteiger partial charge in [-0.3, -0.25) is 4.57 Å². The lowest BCUT2D eigenvalue weighted by Gasteiger charge is -2.25.